The summed E-state index contributed by atoms with van der Waals surface area (Å²) in [5.41, 5.74) is 3.43. The Morgan fingerprint density at radius 3 is 2.46 bits per heavy atom. The van der Waals surface area contributed by atoms with E-state index in [0.717, 1.165) is 21.3 Å². The molecular weight excluding hydrogens is 512 g/mol. The van der Waals surface area contributed by atoms with Crippen LogP contribution in [0, 0.1) is 6.92 Å². The van der Waals surface area contributed by atoms with Crippen LogP contribution in [0.3, 0.4) is 0 Å². The minimum Gasteiger partial charge on any atom is -0.507 e. The standard InChI is InChI=1S/C31H30N2O5S/c1-17-10-12-22-24(14-17)39-30(32-22)33-26(18-8-7-9-20(15-18)37-5)25(28(35)29(33)36)27(34)21-16-19(31(2,3)4)11-13-23(21)38-6/h7-16,26,34H,1-6H3/b27-25+. The Hall–Kier alpha value is -4.17. The summed E-state index contributed by atoms with van der Waals surface area (Å²) in [6.07, 6.45) is 0. The highest BCUT2D eigenvalue weighted by molar-refractivity contribution is 7.22. The van der Waals surface area contributed by atoms with Gasteiger partial charge in [-0.3, -0.25) is 14.5 Å². The Balaban J connectivity index is 1.77. The topological polar surface area (TPSA) is 89.0 Å². The Kier molecular flexibility index (Phi) is 6.68. The van der Waals surface area contributed by atoms with E-state index in [1.165, 1.54) is 23.3 Å². The lowest BCUT2D eigenvalue weighted by atomic mass is 9.85. The van der Waals surface area contributed by atoms with E-state index in [1.54, 1.807) is 37.4 Å². The summed E-state index contributed by atoms with van der Waals surface area (Å²) in [4.78, 5) is 33.4. The molecule has 0 bridgehead atoms. The van der Waals surface area contributed by atoms with Crippen LogP contribution in [0.2, 0.25) is 0 Å². The molecule has 1 unspecified atom stereocenters. The number of ketones is 1. The number of aryl methyl sites for hydroxylation is 1. The summed E-state index contributed by atoms with van der Waals surface area (Å²) in [7, 11) is 3.05. The number of carbonyl (C=O) groups is 2. The number of hydrogen-bond acceptors (Lipinski definition) is 7. The number of Topliss-reactive ketones (excluding diaryl/α,β-unsaturated/α-hetero) is 1. The third kappa shape index (κ3) is 4.65. The van der Waals surface area contributed by atoms with Gasteiger partial charge in [-0.25, -0.2) is 4.98 Å². The van der Waals surface area contributed by atoms with E-state index in [-0.39, 0.29) is 16.7 Å². The van der Waals surface area contributed by atoms with Gasteiger partial charge in [0.2, 0.25) is 0 Å². The number of fused-ring (bicyclic) bond motifs is 1. The number of aromatic nitrogens is 1. The second kappa shape index (κ2) is 9.85. The zero-order chi connectivity index (χ0) is 28.1. The average Bonchev–Trinajstić information content (AvgIpc) is 3.44. The number of nitrogens with zero attached hydrogens (tertiary/aromatic N) is 2. The number of rotatable bonds is 5. The molecule has 0 saturated carbocycles. The van der Waals surface area contributed by atoms with Crippen LogP contribution < -0.4 is 14.4 Å². The van der Waals surface area contributed by atoms with Gasteiger partial charge in [0, 0.05) is 0 Å². The lowest BCUT2D eigenvalue weighted by Crippen LogP contribution is -2.29. The first kappa shape index (κ1) is 26.4. The van der Waals surface area contributed by atoms with Crippen molar-refractivity contribution in [2.24, 2.45) is 0 Å². The number of thiazole rings is 1. The van der Waals surface area contributed by atoms with Gasteiger partial charge in [-0.2, -0.15) is 0 Å². The second-order valence-corrected chi connectivity index (χ2v) is 11.6. The maximum absolute atomic E-state index is 13.7. The van der Waals surface area contributed by atoms with Crippen LogP contribution in [-0.2, 0) is 15.0 Å². The fourth-order valence-corrected chi connectivity index (χ4v) is 5.87. The van der Waals surface area contributed by atoms with Gasteiger partial charge in [0.05, 0.1) is 41.6 Å². The Morgan fingerprint density at radius 1 is 1.00 bits per heavy atom. The molecule has 1 aliphatic heterocycles. The number of amides is 1. The van der Waals surface area contributed by atoms with Gasteiger partial charge in [-0.15, -0.1) is 0 Å². The lowest BCUT2D eigenvalue weighted by molar-refractivity contribution is -0.132. The van der Waals surface area contributed by atoms with Crippen molar-refractivity contribution >= 4 is 44.1 Å². The van der Waals surface area contributed by atoms with Gasteiger partial charge in [-0.05, 0) is 65.4 Å². The lowest BCUT2D eigenvalue weighted by Gasteiger charge is -2.24. The van der Waals surface area contributed by atoms with E-state index in [0.29, 0.717) is 27.8 Å². The molecule has 0 aliphatic carbocycles. The van der Waals surface area contributed by atoms with E-state index >= 15 is 0 Å². The summed E-state index contributed by atoms with van der Waals surface area (Å²) in [5.74, 6) is -0.898. The molecule has 200 valence electrons. The molecule has 8 heteroatoms. The second-order valence-electron chi connectivity index (χ2n) is 10.6. The van der Waals surface area contributed by atoms with Gasteiger partial charge >= 0.3 is 5.91 Å². The van der Waals surface area contributed by atoms with Crippen LogP contribution in [-0.4, -0.2) is 36.0 Å². The summed E-state index contributed by atoms with van der Waals surface area (Å²) in [6, 6.07) is 17.6. The maximum atomic E-state index is 13.7. The summed E-state index contributed by atoms with van der Waals surface area (Å²) >= 11 is 1.33. The van der Waals surface area contributed by atoms with E-state index < -0.39 is 17.7 Å². The predicted molar refractivity (Wildman–Crippen MR) is 154 cm³/mol. The molecule has 1 aromatic heterocycles. The van der Waals surface area contributed by atoms with E-state index in [9.17, 15) is 14.7 Å². The molecule has 1 fully saturated rings. The molecule has 0 radical (unpaired) electrons. The molecule has 39 heavy (non-hydrogen) atoms. The quantitative estimate of drug-likeness (QED) is 0.175. The Labute approximate surface area is 231 Å². The van der Waals surface area contributed by atoms with Gasteiger partial charge in [0.15, 0.2) is 5.13 Å². The highest BCUT2D eigenvalue weighted by atomic mass is 32.1. The molecule has 0 spiro atoms. The normalized spacial score (nSPS) is 17.2. The first-order valence-electron chi connectivity index (χ1n) is 12.5. The van der Waals surface area contributed by atoms with Gasteiger partial charge in [0.1, 0.15) is 17.3 Å². The molecule has 4 aromatic rings. The van der Waals surface area contributed by atoms with Crippen molar-refractivity contribution in [2.75, 3.05) is 19.1 Å². The van der Waals surface area contributed by atoms with Crippen molar-refractivity contribution in [1.82, 2.24) is 4.98 Å². The number of aliphatic hydroxyl groups excluding tert-OH is 1. The first-order valence-corrected chi connectivity index (χ1v) is 13.4. The van der Waals surface area contributed by atoms with Gasteiger partial charge in [0.25, 0.3) is 5.78 Å². The summed E-state index contributed by atoms with van der Waals surface area (Å²) < 4.78 is 11.9. The summed E-state index contributed by atoms with van der Waals surface area (Å²) in [5, 5.41) is 12.1. The van der Waals surface area contributed by atoms with Crippen LogP contribution >= 0.6 is 11.3 Å². The highest BCUT2D eigenvalue weighted by Gasteiger charge is 2.48. The van der Waals surface area contributed by atoms with Crippen LogP contribution in [0.15, 0.2) is 66.2 Å². The average molecular weight is 543 g/mol. The molecule has 1 saturated heterocycles. The molecule has 3 aromatic carbocycles. The van der Waals surface area contributed by atoms with Crippen LogP contribution in [0.25, 0.3) is 16.0 Å². The van der Waals surface area contributed by atoms with E-state index in [1.807, 2.05) is 37.3 Å². The number of methoxy groups -OCH3 is 2. The van der Waals surface area contributed by atoms with Gasteiger partial charge < -0.3 is 14.6 Å². The number of carbonyl (C=O) groups excluding carboxylic acids is 2. The van der Waals surface area contributed by atoms with Crippen molar-refractivity contribution in [2.45, 2.75) is 39.2 Å². The monoisotopic (exact) mass is 542 g/mol. The van der Waals surface area contributed by atoms with Crippen molar-refractivity contribution in [3.63, 3.8) is 0 Å². The van der Waals surface area contributed by atoms with E-state index in [2.05, 4.69) is 20.8 Å². The molecule has 2 heterocycles. The smallest absolute Gasteiger partial charge is 0.301 e. The van der Waals surface area contributed by atoms with Crippen LogP contribution in [0.4, 0.5) is 5.13 Å². The molecule has 1 N–H and O–H groups in total. The molecule has 1 atom stereocenters. The Morgan fingerprint density at radius 2 is 1.77 bits per heavy atom. The summed E-state index contributed by atoms with van der Waals surface area (Å²) in [6.45, 7) is 8.16. The first-order chi connectivity index (χ1) is 18.5. The number of ether oxygens (including phenoxy) is 2. The molecule has 7 nitrogen and oxygen atoms in total. The highest BCUT2D eigenvalue weighted by Crippen LogP contribution is 2.46. The third-order valence-corrected chi connectivity index (χ3v) is 7.93. The predicted octanol–water partition coefficient (Wildman–Crippen LogP) is 6.55. The van der Waals surface area contributed by atoms with Crippen LogP contribution in [0.5, 0.6) is 11.5 Å². The maximum Gasteiger partial charge on any atom is 0.301 e. The Bertz CT molecular complexity index is 1650. The fourth-order valence-electron chi connectivity index (χ4n) is 4.78. The minimum atomic E-state index is -0.926. The van der Waals surface area contributed by atoms with Crippen molar-refractivity contribution in [1.29, 1.82) is 0 Å². The number of anilines is 1. The zero-order valence-corrected chi connectivity index (χ0v) is 23.6. The van der Waals surface area contributed by atoms with Crippen molar-refractivity contribution in [3.8, 4) is 11.5 Å². The van der Waals surface area contributed by atoms with Crippen LogP contribution in [0.1, 0.15) is 49.1 Å². The largest absolute Gasteiger partial charge is 0.507 e. The van der Waals surface area contributed by atoms with Crippen molar-refractivity contribution < 1.29 is 24.2 Å². The molecular formula is C31H30N2O5S. The number of benzene rings is 3. The van der Waals surface area contributed by atoms with E-state index in [4.69, 9.17) is 14.5 Å². The molecule has 1 aliphatic rings. The fraction of sp³-hybridized carbons (Fsp3) is 0.258. The SMILES string of the molecule is COc1cccc(C2/C(=C(\O)c3cc(C(C)(C)C)ccc3OC)C(=O)C(=O)N2c2nc3ccc(C)cc3s2)c1. The van der Waals surface area contributed by atoms with Gasteiger partial charge in [-0.1, -0.05) is 56.4 Å². The minimum absolute atomic E-state index is 0.0342. The number of hydrogen-bond donors (Lipinski definition) is 1. The molecule has 1 amide bonds. The molecule has 5 rings (SSSR count). The third-order valence-electron chi connectivity index (χ3n) is 6.91. The number of aliphatic hydroxyl groups is 1. The van der Waals surface area contributed by atoms with Crippen molar-refractivity contribution in [3.05, 3.63) is 88.5 Å². The zero-order valence-electron chi connectivity index (χ0n) is 22.7.